The fraction of sp³-hybridized carbons (Fsp3) is 0.375. The zero-order chi connectivity index (χ0) is 17.0. The average molecular weight is 327 g/mol. The van der Waals surface area contributed by atoms with Crippen molar-refractivity contribution in [2.75, 3.05) is 13.2 Å². The molecule has 1 aromatic rings. The lowest BCUT2D eigenvalue weighted by Gasteiger charge is -2.29. The molecule has 1 amide bonds. The Bertz CT molecular complexity index is 638. The molecule has 0 fully saturated rings. The van der Waals surface area contributed by atoms with Crippen molar-refractivity contribution in [3.63, 3.8) is 0 Å². The van der Waals surface area contributed by atoms with Crippen molar-refractivity contribution in [2.45, 2.75) is 26.1 Å². The highest BCUT2D eigenvalue weighted by Crippen LogP contribution is 2.25. The number of esters is 1. The third kappa shape index (κ3) is 4.34. The molecule has 23 heavy (non-hydrogen) atoms. The van der Waals surface area contributed by atoms with Gasteiger partial charge in [-0.15, -0.1) is 0 Å². The maximum Gasteiger partial charge on any atom is 0.471 e. The average Bonchev–Trinajstić information content (AvgIpc) is 2.51. The Labute approximate surface area is 131 Å². The molecule has 0 atom stereocenters. The van der Waals surface area contributed by atoms with Gasteiger partial charge in [0.1, 0.15) is 0 Å². The number of halogens is 3. The first-order valence-corrected chi connectivity index (χ1v) is 7.14. The molecule has 1 aliphatic rings. The molecule has 0 aromatic heterocycles. The van der Waals surface area contributed by atoms with Crippen molar-refractivity contribution in [1.82, 2.24) is 4.90 Å². The molecule has 2 rings (SSSR count). The van der Waals surface area contributed by atoms with E-state index in [4.69, 9.17) is 4.74 Å². The van der Waals surface area contributed by atoms with Crippen molar-refractivity contribution < 1.29 is 27.5 Å². The second-order valence-corrected chi connectivity index (χ2v) is 5.09. The van der Waals surface area contributed by atoms with E-state index in [1.54, 1.807) is 25.1 Å². The molecule has 1 heterocycles. The summed E-state index contributed by atoms with van der Waals surface area (Å²) in [4.78, 5) is 23.4. The summed E-state index contributed by atoms with van der Waals surface area (Å²) in [5.74, 6) is -2.31. The number of fused-ring (bicyclic) bond motifs is 1. The first-order chi connectivity index (χ1) is 10.8. The van der Waals surface area contributed by atoms with Gasteiger partial charge < -0.3 is 9.64 Å². The molecule has 0 aliphatic carbocycles. The Hall–Kier alpha value is -2.31. The van der Waals surface area contributed by atoms with Crippen LogP contribution in [0.3, 0.4) is 0 Å². The van der Waals surface area contributed by atoms with Gasteiger partial charge in [-0.25, -0.2) is 4.79 Å². The van der Waals surface area contributed by atoms with Gasteiger partial charge in [0, 0.05) is 19.2 Å². The number of nitrogens with zero attached hydrogens (tertiary/aromatic N) is 1. The Morgan fingerprint density at radius 1 is 1.30 bits per heavy atom. The number of hydrogen-bond donors (Lipinski definition) is 0. The maximum atomic E-state index is 12.5. The number of rotatable bonds is 3. The molecule has 0 bridgehead atoms. The van der Waals surface area contributed by atoms with Crippen molar-refractivity contribution in [3.8, 4) is 0 Å². The van der Waals surface area contributed by atoms with Gasteiger partial charge >= 0.3 is 18.1 Å². The lowest BCUT2D eigenvalue weighted by molar-refractivity contribution is -0.186. The van der Waals surface area contributed by atoms with Crippen LogP contribution in [0.15, 0.2) is 24.3 Å². The summed E-state index contributed by atoms with van der Waals surface area (Å²) in [6, 6.07) is 5.26. The van der Waals surface area contributed by atoms with E-state index in [2.05, 4.69) is 0 Å². The lowest BCUT2D eigenvalue weighted by Crippen LogP contribution is -2.43. The largest absolute Gasteiger partial charge is 0.471 e. The van der Waals surface area contributed by atoms with Crippen LogP contribution >= 0.6 is 0 Å². The number of carbonyl (C=O) groups excluding carboxylic acids is 2. The topological polar surface area (TPSA) is 46.6 Å². The van der Waals surface area contributed by atoms with Gasteiger partial charge in [-0.3, -0.25) is 4.79 Å². The molecule has 4 nitrogen and oxygen atoms in total. The monoisotopic (exact) mass is 327 g/mol. The smallest absolute Gasteiger partial charge is 0.463 e. The van der Waals surface area contributed by atoms with E-state index in [9.17, 15) is 22.8 Å². The first-order valence-electron chi connectivity index (χ1n) is 7.14. The molecule has 1 aliphatic heterocycles. The van der Waals surface area contributed by atoms with Crippen LogP contribution in [-0.2, 0) is 27.3 Å². The molecule has 0 N–H and O–H groups in total. The first kappa shape index (κ1) is 17.1. The van der Waals surface area contributed by atoms with Crippen molar-refractivity contribution >= 4 is 18.0 Å². The number of amides is 1. The summed E-state index contributed by atoms with van der Waals surface area (Å²) >= 11 is 0. The number of hydrogen-bond acceptors (Lipinski definition) is 3. The summed E-state index contributed by atoms with van der Waals surface area (Å²) in [5.41, 5.74) is 2.22. The van der Waals surface area contributed by atoms with E-state index in [-0.39, 0.29) is 19.7 Å². The zero-order valence-electron chi connectivity index (χ0n) is 12.5. The minimum Gasteiger partial charge on any atom is -0.463 e. The summed E-state index contributed by atoms with van der Waals surface area (Å²) in [6.07, 6.45) is -1.70. The summed E-state index contributed by atoms with van der Waals surface area (Å²) in [6.45, 7) is 1.91. The van der Waals surface area contributed by atoms with Crippen LogP contribution in [0.2, 0.25) is 0 Å². The molecule has 0 saturated heterocycles. The van der Waals surface area contributed by atoms with Gasteiger partial charge in [0.25, 0.3) is 0 Å². The van der Waals surface area contributed by atoms with Crippen LogP contribution < -0.4 is 0 Å². The molecule has 0 radical (unpaired) electrons. The molecule has 1 aromatic carbocycles. The molecular formula is C16H16F3NO3. The zero-order valence-corrected chi connectivity index (χ0v) is 12.5. The Morgan fingerprint density at radius 2 is 2.04 bits per heavy atom. The van der Waals surface area contributed by atoms with Gasteiger partial charge in [0.15, 0.2) is 0 Å². The highest BCUT2D eigenvalue weighted by atomic mass is 19.4. The fourth-order valence-corrected chi connectivity index (χ4v) is 2.39. The Kier molecular flexibility index (Phi) is 5.08. The van der Waals surface area contributed by atoms with Crippen molar-refractivity contribution in [2.24, 2.45) is 0 Å². The van der Waals surface area contributed by atoms with Crippen LogP contribution in [0.1, 0.15) is 23.6 Å². The standard InChI is InChI=1S/C16H16F3NO3/c1-2-23-14(21)6-4-11-3-5-12-7-8-20(10-13(12)9-11)15(22)16(17,18)19/h3-6,9H,2,7-8,10H2,1H3/b6-4+. The number of alkyl halides is 3. The maximum absolute atomic E-state index is 12.5. The SMILES string of the molecule is CCOC(=O)/C=C/c1ccc2c(c1)CN(C(=O)C(F)(F)F)CC2. The summed E-state index contributed by atoms with van der Waals surface area (Å²) in [5, 5.41) is 0. The van der Waals surface area contributed by atoms with Gasteiger partial charge in [-0.1, -0.05) is 12.1 Å². The highest BCUT2D eigenvalue weighted by Gasteiger charge is 2.43. The van der Waals surface area contributed by atoms with Crippen LogP contribution in [-0.4, -0.2) is 36.1 Å². The van der Waals surface area contributed by atoms with Gasteiger partial charge in [0.05, 0.1) is 6.61 Å². The van der Waals surface area contributed by atoms with Crippen LogP contribution in [0.5, 0.6) is 0 Å². The minimum atomic E-state index is -4.86. The van der Waals surface area contributed by atoms with Crippen LogP contribution in [0, 0.1) is 0 Å². The van der Waals surface area contributed by atoms with Crippen molar-refractivity contribution in [3.05, 3.63) is 41.0 Å². The fourth-order valence-electron chi connectivity index (χ4n) is 2.39. The molecule has 124 valence electrons. The van der Waals surface area contributed by atoms with Gasteiger partial charge in [0.2, 0.25) is 0 Å². The van der Waals surface area contributed by atoms with E-state index < -0.39 is 18.1 Å². The highest BCUT2D eigenvalue weighted by molar-refractivity contribution is 5.87. The minimum absolute atomic E-state index is 0.0450. The lowest BCUT2D eigenvalue weighted by atomic mass is 9.97. The second kappa shape index (κ2) is 6.85. The predicted octanol–water partition coefficient (Wildman–Crippen LogP) is 2.71. The quantitative estimate of drug-likeness (QED) is 0.633. The molecule has 7 heteroatoms. The Balaban J connectivity index is 2.14. The van der Waals surface area contributed by atoms with Gasteiger partial charge in [-0.05, 0) is 42.2 Å². The second-order valence-electron chi connectivity index (χ2n) is 5.09. The number of carbonyl (C=O) groups is 2. The molecule has 0 unspecified atom stereocenters. The van der Waals surface area contributed by atoms with E-state index in [1.165, 1.54) is 12.2 Å². The predicted molar refractivity (Wildman–Crippen MR) is 77.3 cm³/mol. The van der Waals surface area contributed by atoms with E-state index in [0.29, 0.717) is 17.5 Å². The molecular weight excluding hydrogens is 311 g/mol. The third-order valence-electron chi connectivity index (χ3n) is 3.47. The summed E-state index contributed by atoms with van der Waals surface area (Å²) < 4.78 is 42.3. The molecule has 0 spiro atoms. The normalized spacial score (nSPS) is 14.7. The summed E-state index contributed by atoms with van der Waals surface area (Å²) in [7, 11) is 0. The van der Waals surface area contributed by atoms with Crippen LogP contribution in [0.25, 0.3) is 6.08 Å². The van der Waals surface area contributed by atoms with E-state index in [0.717, 1.165) is 10.5 Å². The number of benzene rings is 1. The Morgan fingerprint density at radius 3 is 2.70 bits per heavy atom. The van der Waals surface area contributed by atoms with Crippen LogP contribution in [0.4, 0.5) is 13.2 Å². The van der Waals surface area contributed by atoms with E-state index in [1.807, 2.05) is 0 Å². The molecule has 0 saturated carbocycles. The number of ether oxygens (including phenoxy) is 1. The van der Waals surface area contributed by atoms with Crippen molar-refractivity contribution in [1.29, 1.82) is 0 Å². The van der Waals surface area contributed by atoms with Gasteiger partial charge in [-0.2, -0.15) is 13.2 Å². The third-order valence-corrected chi connectivity index (χ3v) is 3.47. The van der Waals surface area contributed by atoms with E-state index >= 15 is 0 Å².